The number of aliphatic hydroxyl groups excluding tert-OH is 1. The summed E-state index contributed by atoms with van der Waals surface area (Å²) in [6, 6.07) is 0. The van der Waals surface area contributed by atoms with Crippen LogP contribution in [0.15, 0.2) is 24.3 Å². The van der Waals surface area contributed by atoms with E-state index in [4.69, 9.17) is 0 Å². The van der Waals surface area contributed by atoms with Gasteiger partial charge in [0.2, 0.25) is 0 Å². The molecule has 0 aliphatic heterocycles. The quantitative estimate of drug-likeness (QED) is 0.687. The third kappa shape index (κ3) is 3.55. The largest absolute Gasteiger partial charge is 0.392 e. The summed E-state index contributed by atoms with van der Waals surface area (Å²) in [6.07, 6.45) is 5.07. The Kier molecular flexibility index (Phi) is 4.66. The molecule has 1 aliphatic carbocycles. The Morgan fingerprint density at radius 2 is 1.55 bits per heavy atom. The summed E-state index contributed by atoms with van der Waals surface area (Å²) in [4.78, 5) is 0. The second-order valence-electron chi connectivity index (χ2n) is 9.18. The Morgan fingerprint density at radius 3 is 1.90 bits per heavy atom. The van der Waals surface area contributed by atoms with Crippen LogP contribution < -0.4 is 0 Å². The van der Waals surface area contributed by atoms with Gasteiger partial charge in [0.1, 0.15) is 0 Å². The maximum absolute atomic E-state index is 10.9. The van der Waals surface area contributed by atoms with E-state index >= 15 is 0 Å². The lowest BCUT2D eigenvalue weighted by Gasteiger charge is -2.47. The van der Waals surface area contributed by atoms with Gasteiger partial charge in [0.05, 0.1) is 6.10 Å². The van der Waals surface area contributed by atoms with Crippen LogP contribution in [0, 0.1) is 28.1 Å². The molecule has 1 heteroatoms. The van der Waals surface area contributed by atoms with Crippen molar-refractivity contribution in [1.82, 2.24) is 0 Å². The smallest absolute Gasteiger partial charge is 0.0644 e. The first-order valence-corrected chi connectivity index (χ1v) is 7.83. The maximum Gasteiger partial charge on any atom is 0.0644 e. The summed E-state index contributed by atoms with van der Waals surface area (Å²) in [7, 11) is 0. The van der Waals surface area contributed by atoms with E-state index in [1.54, 1.807) is 0 Å². The number of rotatable bonds is 2. The lowest BCUT2D eigenvalue weighted by Crippen LogP contribution is -2.45. The molecule has 0 bridgehead atoms. The first-order chi connectivity index (χ1) is 8.80. The summed E-state index contributed by atoms with van der Waals surface area (Å²) >= 11 is 0. The van der Waals surface area contributed by atoms with Crippen LogP contribution >= 0.6 is 0 Å². The summed E-state index contributed by atoms with van der Waals surface area (Å²) in [6.45, 7) is 21.8. The van der Waals surface area contributed by atoms with E-state index in [1.807, 2.05) is 6.08 Å². The molecule has 0 saturated carbocycles. The van der Waals surface area contributed by atoms with Gasteiger partial charge >= 0.3 is 0 Å². The molecule has 1 nitrogen and oxygen atoms in total. The molecule has 3 atom stereocenters. The molecular formula is C19H34O. The van der Waals surface area contributed by atoms with Gasteiger partial charge in [-0.25, -0.2) is 0 Å². The molecule has 0 aromatic heterocycles. The van der Waals surface area contributed by atoms with Crippen LogP contribution in [0.1, 0.15) is 61.8 Å². The molecule has 0 spiro atoms. The van der Waals surface area contributed by atoms with Crippen LogP contribution in [0.3, 0.4) is 0 Å². The van der Waals surface area contributed by atoms with Crippen LogP contribution in [0.4, 0.5) is 0 Å². The SMILES string of the molecule is C=CC(C)(C)C1=C[C@@H](C(C)(C)C)C(O)[C@@H](C(C)(C)C)C1. The van der Waals surface area contributed by atoms with E-state index in [2.05, 4.69) is 68.0 Å². The van der Waals surface area contributed by atoms with Gasteiger partial charge in [-0.1, -0.05) is 73.1 Å². The minimum absolute atomic E-state index is 0.00708. The van der Waals surface area contributed by atoms with Crippen LogP contribution in [0.25, 0.3) is 0 Å². The van der Waals surface area contributed by atoms with E-state index in [9.17, 15) is 5.11 Å². The monoisotopic (exact) mass is 278 g/mol. The van der Waals surface area contributed by atoms with Crippen molar-refractivity contribution in [2.75, 3.05) is 0 Å². The van der Waals surface area contributed by atoms with Crippen molar-refractivity contribution in [3.05, 3.63) is 24.3 Å². The molecule has 0 saturated heterocycles. The zero-order valence-electron chi connectivity index (χ0n) is 14.7. The highest BCUT2D eigenvalue weighted by Gasteiger charge is 2.44. The highest BCUT2D eigenvalue weighted by atomic mass is 16.3. The number of hydrogen-bond acceptors (Lipinski definition) is 1. The molecule has 0 amide bonds. The molecule has 0 aromatic rings. The van der Waals surface area contributed by atoms with Crippen LogP contribution in [0.5, 0.6) is 0 Å². The molecule has 116 valence electrons. The first kappa shape index (κ1) is 17.5. The lowest BCUT2D eigenvalue weighted by atomic mass is 9.59. The van der Waals surface area contributed by atoms with Crippen molar-refractivity contribution in [2.24, 2.45) is 28.1 Å². The molecule has 1 aliphatic rings. The first-order valence-electron chi connectivity index (χ1n) is 7.83. The van der Waals surface area contributed by atoms with Crippen molar-refractivity contribution >= 4 is 0 Å². The van der Waals surface area contributed by atoms with E-state index in [1.165, 1.54) is 5.57 Å². The Morgan fingerprint density at radius 1 is 1.05 bits per heavy atom. The molecule has 1 N–H and O–H groups in total. The minimum atomic E-state index is -0.264. The maximum atomic E-state index is 10.9. The van der Waals surface area contributed by atoms with Gasteiger partial charge in [-0.05, 0) is 23.2 Å². The Bertz CT molecular complexity index is 387. The van der Waals surface area contributed by atoms with E-state index < -0.39 is 0 Å². The molecule has 1 rings (SSSR count). The average molecular weight is 278 g/mol. The van der Waals surface area contributed by atoms with Gasteiger partial charge in [-0.2, -0.15) is 0 Å². The molecule has 1 unspecified atom stereocenters. The van der Waals surface area contributed by atoms with Gasteiger partial charge in [0.15, 0.2) is 0 Å². The Hall–Kier alpha value is -0.560. The van der Waals surface area contributed by atoms with Crippen LogP contribution in [-0.2, 0) is 0 Å². The van der Waals surface area contributed by atoms with Crippen molar-refractivity contribution in [2.45, 2.75) is 67.9 Å². The van der Waals surface area contributed by atoms with Crippen molar-refractivity contribution < 1.29 is 5.11 Å². The number of aliphatic hydroxyl groups is 1. The second-order valence-corrected chi connectivity index (χ2v) is 9.18. The molecular weight excluding hydrogens is 244 g/mol. The summed E-state index contributed by atoms with van der Waals surface area (Å²) < 4.78 is 0. The summed E-state index contributed by atoms with van der Waals surface area (Å²) in [5, 5.41) is 10.9. The highest BCUT2D eigenvalue weighted by molar-refractivity contribution is 5.25. The van der Waals surface area contributed by atoms with Crippen LogP contribution in [-0.4, -0.2) is 11.2 Å². The fraction of sp³-hybridized carbons (Fsp3) is 0.789. The van der Waals surface area contributed by atoms with Crippen LogP contribution in [0.2, 0.25) is 0 Å². The predicted molar refractivity (Wildman–Crippen MR) is 88.6 cm³/mol. The van der Waals surface area contributed by atoms with E-state index in [-0.39, 0.29) is 28.3 Å². The number of allylic oxidation sites excluding steroid dienone is 2. The third-order valence-electron chi connectivity index (χ3n) is 5.05. The van der Waals surface area contributed by atoms with Crippen molar-refractivity contribution in [1.29, 1.82) is 0 Å². The molecule has 0 radical (unpaired) electrons. The van der Waals surface area contributed by atoms with Crippen molar-refractivity contribution in [3.8, 4) is 0 Å². The molecule has 0 heterocycles. The topological polar surface area (TPSA) is 20.2 Å². The van der Waals surface area contributed by atoms with Gasteiger partial charge in [-0.15, -0.1) is 6.58 Å². The summed E-state index contributed by atoms with van der Waals surface area (Å²) in [5.41, 5.74) is 1.62. The third-order valence-corrected chi connectivity index (χ3v) is 5.05. The van der Waals surface area contributed by atoms with E-state index in [0.717, 1.165) is 6.42 Å². The van der Waals surface area contributed by atoms with Gasteiger partial charge in [0.25, 0.3) is 0 Å². The summed E-state index contributed by atoms with van der Waals surface area (Å²) in [5.74, 6) is 0.501. The second kappa shape index (κ2) is 5.33. The molecule has 0 aromatic carbocycles. The van der Waals surface area contributed by atoms with Crippen molar-refractivity contribution in [3.63, 3.8) is 0 Å². The van der Waals surface area contributed by atoms with Gasteiger partial charge in [0, 0.05) is 11.3 Å². The average Bonchev–Trinajstić information content (AvgIpc) is 2.25. The predicted octanol–water partition coefficient (Wildman–Crippen LogP) is 5.21. The van der Waals surface area contributed by atoms with Gasteiger partial charge in [-0.3, -0.25) is 0 Å². The van der Waals surface area contributed by atoms with E-state index in [0.29, 0.717) is 5.92 Å². The zero-order valence-corrected chi connectivity index (χ0v) is 14.7. The lowest BCUT2D eigenvalue weighted by molar-refractivity contribution is -0.0279. The fourth-order valence-corrected chi connectivity index (χ4v) is 3.18. The Balaban J connectivity index is 3.30. The standard InChI is InChI=1S/C19H34O/c1-10-19(8,9)13-11-14(17(2,3)4)16(20)15(12-13)18(5,6)7/h10-11,14-16,20H,1,12H2,2-9H3/t14-,15+,16?/m1/s1. The molecule has 0 fully saturated rings. The Labute approximate surface area is 126 Å². The minimum Gasteiger partial charge on any atom is -0.392 e. The highest BCUT2D eigenvalue weighted by Crippen LogP contribution is 2.49. The zero-order chi connectivity index (χ0) is 15.9. The molecule has 20 heavy (non-hydrogen) atoms. The van der Waals surface area contributed by atoms with Gasteiger partial charge < -0.3 is 5.11 Å². The fourth-order valence-electron chi connectivity index (χ4n) is 3.18. The number of hydrogen-bond donors (Lipinski definition) is 1. The normalized spacial score (nSPS) is 29.1.